The Morgan fingerprint density at radius 3 is 2.76 bits per heavy atom. The van der Waals surface area contributed by atoms with Gasteiger partial charge in [-0.15, -0.1) is 24.0 Å². The van der Waals surface area contributed by atoms with Crippen molar-refractivity contribution in [1.82, 2.24) is 10.6 Å². The molecule has 1 fully saturated rings. The van der Waals surface area contributed by atoms with Crippen molar-refractivity contribution >= 4 is 29.9 Å². The molecule has 0 bridgehead atoms. The van der Waals surface area contributed by atoms with Gasteiger partial charge in [-0.25, -0.2) is 4.99 Å². The van der Waals surface area contributed by atoms with E-state index in [9.17, 15) is 0 Å². The second-order valence-electron chi connectivity index (χ2n) is 6.79. The molecular weight excluding hydrogens is 485 g/mol. The van der Waals surface area contributed by atoms with Gasteiger partial charge in [0.1, 0.15) is 6.10 Å². The second kappa shape index (κ2) is 15.6. The lowest BCUT2D eigenvalue weighted by Crippen LogP contribution is -2.38. The van der Waals surface area contributed by atoms with Crippen LogP contribution in [-0.2, 0) is 9.47 Å². The van der Waals surface area contributed by atoms with E-state index in [0.717, 1.165) is 63.0 Å². The maximum absolute atomic E-state index is 5.95. The van der Waals surface area contributed by atoms with Gasteiger partial charge in [0, 0.05) is 26.3 Å². The molecule has 2 N–H and O–H groups in total. The van der Waals surface area contributed by atoms with Crippen molar-refractivity contribution in [1.29, 1.82) is 0 Å². The predicted molar refractivity (Wildman–Crippen MR) is 127 cm³/mol. The number of methoxy groups -OCH3 is 1. The van der Waals surface area contributed by atoms with Gasteiger partial charge in [0.15, 0.2) is 17.5 Å². The first-order chi connectivity index (χ1) is 13.7. The Bertz CT molecular complexity index is 583. The highest BCUT2D eigenvalue weighted by Gasteiger charge is 2.15. The molecule has 0 aliphatic carbocycles. The summed E-state index contributed by atoms with van der Waals surface area (Å²) in [5.74, 6) is 2.25. The lowest BCUT2D eigenvalue weighted by Gasteiger charge is -2.17. The average molecular weight is 521 g/mol. The molecule has 8 heteroatoms. The minimum atomic E-state index is -0.0681. The van der Waals surface area contributed by atoms with Crippen molar-refractivity contribution in [2.75, 3.05) is 46.6 Å². The maximum atomic E-state index is 5.95. The van der Waals surface area contributed by atoms with Gasteiger partial charge in [0.25, 0.3) is 0 Å². The van der Waals surface area contributed by atoms with Gasteiger partial charge in [-0.2, -0.15) is 0 Å². The first-order valence-corrected chi connectivity index (χ1v) is 10.2. The van der Waals surface area contributed by atoms with Crippen LogP contribution in [-0.4, -0.2) is 64.7 Å². The van der Waals surface area contributed by atoms with E-state index in [1.807, 2.05) is 31.2 Å². The van der Waals surface area contributed by atoms with Crippen LogP contribution in [0, 0.1) is 0 Å². The number of benzene rings is 1. The minimum absolute atomic E-state index is 0. The number of para-hydroxylation sites is 2. The Hall–Kier alpha value is -1.26. The molecule has 166 valence electrons. The number of hydrogen-bond acceptors (Lipinski definition) is 5. The summed E-state index contributed by atoms with van der Waals surface area (Å²) in [6.45, 7) is 8.50. The molecule has 1 aromatic rings. The number of ether oxygens (including phenoxy) is 4. The van der Waals surface area contributed by atoms with E-state index in [1.54, 1.807) is 7.11 Å². The van der Waals surface area contributed by atoms with E-state index in [0.29, 0.717) is 13.2 Å². The molecule has 0 spiro atoms. The molecule has 0 aromatic heterocycles. The second-order valence-corrected chi connectivity index (χ2v) is 6.79. The third kappa shape index (κ3) is 10.4. The standard InChI is InChI=1S/C21H35N3O4.HI/c1-4-22-21(23-12-8-13-26-16-18-9-7-14-27-18)24-15-17(2)28-20-11-6-5-10-19(20)25-3;/h5-6,10-11,17-18H,4,7-9,12-16H2,1-3H3,(H2,22,23,24);1H. The minimum Gasteiger partial charge on any atom is -0.493 e. The topological polar surface area (TPSA) is 73.3 Å². The number of halogens is 1. The molecule has 1 heterocycles. The highest BCUT2D eigenvalue weighted by atomic mass is 127. The maximum Gasteiger partial charge on any atom is 0.191 e. The summed E-state index contributed by atoms with van der Waals surface area (Å²) >= 11 is 0. The molecule has 2 rings (SSSR count). The monoisotopic (exact) mass is 521 g/mol. The molecule has 0 saturated carbocycles. The van der Waals surface area contributed by atoms with Gasteiger partial charge >= 0.3 is 0 Å². The predicted octanol–water partition coefficient (Wildman–Crippen LogP) is 3.22. The van der Waals surface area contributed by atoms with Crippen LogP contribution in [0.25, 0.3) is 0 Å². The highest BCUT2D eigenvalue weighted by molar-refractivity contribution is 14.0. The lowest BCUT2D eigenvalue weighted by atomic mass is 10.2. The van der Waals surface area contributed by atoms with Crippen molar-refractivity contribution in [2.24, 2.45) is 4.99 Å². The zero-order chi connectivity index (χ0) is 20.0. The molecule has 1 saturated heterocycles. The number of aliphatic imine (C=N–C) groups is 1. The SMILES string of the molecule is CCNC(=NCC(C)Oc1ccccc1OC)NCCCOCC1CCCO1.I. The fourth-order valence-electron chi connectivity index (χ4n) is 2.90. The van der Waals surface area contributed by atoms with Crippen LogP contribution in [0.3, 0.4) is 0 Å². The van der Waals surface area contributed by atoms with Crippen molar-refractivity contribution in [3.63, 3.8) is 0 Å². The van der Waals surface area contributed by atoms with Crippen LogP contribution in [0.2, 0.25) is 0 Å². The Kier molecular flexibility index (Phi) is 13.8. The van der Waals surface area contributed by atoms with Crippen LogP contribution in [0.1, 0.15) is 33.1 Å². The Morgan fingerprint density at radius 1 is 1.28 bits per heavy atom. The summed E-state index contributed by atoms with van der Waals surface area (Å²) < 4.78 is 22.5. The highest BCUT2D eigenvalue weighted by Crippen LogP contribution is 2.26. The Morgan fingerprint density at radius 2 is 2.07 bits per heavy atom. The van der Waals surface area contributed by atoms with Gasteiger partial charge in [0.05, 0.1) is 26.4 Å². The smallest absolute Gasteiger partial charge is 0.191 e. The lowest BCUT2D eigenvalue weighted by molar-refractivity contribution is 0.0168. The number of guanidine groups is 1. The molecular formula is C21H36IN3O4. The average Bonchev–Trinajstić information content (AvgIpc) is 3.22. The largest absolute Gasteiger partial charge is 0.493 e. The molecule has 1 aliphatic heterocycles. The summed E-state index contributed by atoms with van der Waals surface area (Å²) in [7, 11) is 1.64. The number of rotatable bonds is 12. The number of hydrogen-bond donors (Lipinski definition) is 2. The summed E-state index contributed by atoms with van der Waals surface area (Å²) in [6.07, 6.45) is 3.41. The molecule has 2 unspecified atom stereocenters. The first kappa shape index (κ1) is 25.8. The van der Waals surface area contributed by atoms with Crippen molar-refractivity contribution in [3.8, 4) is 11.5 Å². The normalized spacial score (nSPS) is 17.3. The fraction of sp³-hybridized carbons (Fsp3) is 0.667. The van der Waals surface area contributed by atoms with Crippen molar-refractivity contribution in [3.05, 3.63) is 24.3 Å². The van der Waals surface area contributed by atoms with Crippen molar-refractivity contribution < 1.29 is 18.9 Å². The summed E-state index contributed by atoms with van der Waals surface area (Å²) in [4.78, 5) is 4.61. The van der Waals surface area contributed by atoms with Crippen LogP contribution in [0.15, 0.2) is 29.3 Å². The molecule has 2 atom stereocenters. The van der Waals surface area contributed by atoms with Gasteiger partial charge in [-0.1, -0.05) is 12.1 Å². The van der Waals surface area contributed by atoms with E-state index in [2.05, 4.69) is 22.5 Å². The molecule has 7 nitrogen and oxygen atoms in total. The quantitative estimate of drug-likeness (QED) is 0.191. The first-order valence-electron chi connectivity index (χ1n) is 10.2. The van der Waals surface area contributed by atoms with E-state index in [1.165, 1.54) is 0 Å². The molecule has 0 amide bonds. The molecule has 0 radical (unpaired) electrons. The Labute approximate surface area is 191 Å². The number of nitrogens with one attached hydrogen (secondary N) is 2. The van der Waals surface area contributed by atoms with E-state index >= 15 is 0 Å². The zero-order valence-corrected chi connectivity index (χ0v) is 20.1. The zero-order valence-electron chi connectivity index (χ0n) is 17.8. The van der Waals surface area contributed by atoms with Gasteiger partial charge in [0.2, 0.25) is 0 Å². The number of nitrogens with zero attached hydrogens (tertiary/aromatic N) is 1. The third-order valence-corrected chi connectivity index (χ3v) is 4.33. The van der Waals surface area contributed by atoms with Crippen LogP contribution in [0.4, 0.5) is 0 Å². The van der Waals surface area contributed by atoms with Gasteiger partial charge in [-0.05, 0) is 45.2 Å². The van der Waals surface area contributed by atoms with Crippen LogP contribution >= 0.6 is 24.0 Å². The fourth-order valence-corrected chi connectivity index (χ4v) is 2.90. The molecule has 1 aliphatic rings. The third-order valence-electron chi connectivity index (χ3n) is 4.33. The van der Waals surface area contributed by atoms with Gasteiger partial charge in [-0.3, -0.25) is 0 Å². The molecule has 1 aromatic carbocycles. The Balaban J connectivity index is 0.00000420. The van der Waals surface area contributed by atoms with E-state index in [-0.39, 0.29) is 36.2 Å². The van der Waals surface area contributed by atoms with Crippen LogP contribution in [0.5, 0.6) is 11.5 Å². The summed E-state index contributed by atoms with van der Waals surface area (Å²) in [5, 5.41) is 6.60. The van der Waals surface area contributed by atoms with Crippen molar-refractivity contribution in [2.45, 2.75) is 45.3 Å². The molecule has 29 heavy (non-hydrogen) atoms. The van der Waals surface area contributed by atoms with E-state index in [4.69, 9.17) is 18.9 Å². The van der Waals surface area contributed by atoms with E-state index < -0.39 is 0 Å². The van der Waals surface area contributed by atoms with Crippen LogP contribution < -0.4 is 20.1 Å². The summed E-state index contributed by atoms with van der Waals surface area (Å²) in [6, 6.07) is 7.64. The van der Waals surface area contributed by atoms with Gasteiger partial charge < -0.3 is 29.6 Å². The summed E-state index contributed by atoms with van der Waals surface area (Å²) in [5.41, 5.74) is 0.